The Kier molecular flexibility index (Phi) is 10.8. The van der Waals surface area contributed by atoms with Crippen molar-refractivity contribution in [1.82, 2.24) is 15.5 Å². The van der Waals surface area contributed by atoms with Gasteiger partial charge in [0, 0.05) is 12.1 Å². The highest BCUT2D eigenvalue weighted by Gasteiger charge is 2.39. The normalized spacial score (nSPS) is 14.2. The summed E-state index contributed by atoms with van der Waals surface area (Å²) in [6, 6.07) is 5.35. The Morgan fingerprint density at radius 1 is 1.09 bits per heavy atom. The second-order valence-electron chi connectivity index (χ2n) is 10.3. The van der Waals surface area contributed by atoms with E-state index in [0.29, 0.717) is 12.0 Å². The summed E-state index contributed by atoms with van der Waals surface area (Å²) in [5, 5.41) is 5.70. The molecule has 0 aliphatic carbocycles. The van der Waals surface area contributed by atoms with Gasteiger partial charge >= 0.3 is 6.09 Å². The Hall–Kier alpha value is -2.83. The molecule has 0 aliphatic heterocycles. The van der Waals surface area contributed by atoms with Gasteiger partial charge in [-0.15, -0.1) is 0 Å². The topological polar surface area (TPSA) is 87.7 Å². The summed E-state index contributed by atoms with van der Waals surface area (Å²) < 4.78 is 5.40. The van der Waals surface area contributed by atoms with E-state index < -0.39 is 23.8 Å². The average molecular weight is 474 g/mol. The van der Waals surface area contributed by atoms with Crippen molar-refractivity contribution in [3.05, 3.63) is 42.0 Å². The number of nitrogens with zero attached hydrogens (tertiary/aromatic N) is 1. The Labute approximate surface area is 205 Å². The van der Waals surface area contributed by atoms with Gasteiger partial charge in [-0.3, -0.25) is 9.59 Å². The van der Waals surface area contributed by atoms with E-state index in [0.717, 1.165) is 5.56 Å². The lowest BCUT2D eigenvalue weighted by atomic mass is 9.95. The molecular formula is C27H43N3O4. The maximum atomic E-state index is 14.0. The highest BCUT2D eigenvalue weighted by molar-refractivity contribution is 5.92. The summed E-state index contributed by atoms with van der Waals surface area (Å²) >= 11 is 0. The van der Waals surface area contributed by atoms with Gasteiger partial charge in [-0.1, -0.05) is 51.6 Å². The monoisotopic (exact) mass is 473 g/mol. The Balaban J connectivity index is 3.55. The fourth-order valence-electron chi connectivity index (χ4n) is 3.56. The van der Waals surface area contributed by atoms with Crippen LogP contribution in [0.2, 0.25) is 0 Å². The number of benzene rings is 1. The molecule has 190 valence electrons. The number of alkyl carbamates (subject to hydrolysis) is 1. The molecule has 34 heavy (non-hydrogen) atoms. The number of nitrogens with one attached hydrogen (secondary N) is 2. The van der Waals surface area contributed by atoms with Crippen LogP contribution in [0.15, 0.2) is 30.8 Å². The van der Waals surface area contributed by atoms with Crippen LogP contribution >= 0.6 is 0 Å². The summed E-state index contributed by atoms with van der Waals surface area (Å²) in [5.41, 5.74) is 0.836. The third-order valence-electron chi connectivity index (χ3n) is 5.34. The molecule has 0 fully saturated rings. The zero-order valence-corrected chi connectivity index (χ0v) is 22.3. The van der Waals surface area contributed by atoms with Crippen LogP contribution in [-0.2, 0) is 14.3 Å². The van der Waals surface area contributed by atoms with E-state index in [9.17, 15) is 14.4 Å². The average Bonchev–Trinajstić information content (AvgIpc) is 2.72. The smallest absolute Gasteiger partial charge is 0.408 e. The van der Waals surface area contributed by atoms with E-state index in [-0.39, 0.29) is 29.8 Å². The summed E-state index contributed by atoms with van der Waals surface area (Å²) in [4.78, 5) is 41.6. The largest absolute Gasteiger partial charge is 0.444 e. The minimum atomic E-state index is -0.869. The molecule has 2 N–H and O–H groups in total. The molecule has 0 bridgehead atoms. The Bertz CT molecular complexity index is 858. The van der Waals surface area contributed by atoms with E-state index in [2.05, 4.69) is 17.2 Å². The van der Waals surface area contributed by atoms with E-state index in [1.165, 1.54) is 0 Å². The van der Waals surface area contributed by atoms with Crippen molar-refractivity contribution in [2.75, 3.05) is 0 Å². The van der Waals surface area contributed by atoms with Crippen molar-refractivity contribution in [3.63, 3.8) is 0 Å². The van der Waals surface area contributed by atoms with Gasteiger partial charge in [-0.2, -0.15) is 0 Å². The molecule has 3 unspecified atom stereocenters. The fourth-order valence-corrected chi connectivity index (χ4v) is 3.56. The van der Waals surface area contributed by atoms with E-state index in [1.807, 2.05) is 65.8 Å². The van der Waals surface area contributed by atoms with E-state index >= 15 is 0 Å². The number of rotatable bonds is 10. The molecule has 0 saturated heterocycles. The van der Waals surface area contributed by atoms with Gasteiger partial charge < -0.3 is 20.3 Å². The van der Waals surface area contributed by atoms with Crippen LogP contribution in [0.5, 0.6) is 0 Å². The van der Waals surface area contributed by atoms with Crippen molar-refractivity contribution in [2.24, 2.45) is 5.92 Å². The molecular weight excluding hydrogens is 430 g/mol. The fraction of sp³-hybridized carbons (Fsp3) is 0.593. The van der Waals surface area contributed by atoms with Gasteiger partial charge in [-0.25, -0.2) is 4.79 Å². The molecule has 0 radical (unpaired) electrons. The second kappa shape index (κ2) is 12.6. The lowest BCUT2D eigenvalue weighted by molar-refractivity contribution is -0.146. The SMILES string of the molecule is C=Cc1cccc(C(C(=O)NC(C)C)N(C(=O)C(NC(=O)OC(C)(C)C)C(C)C)C(C)CC)c1. The predicted octanol–water partition coefficient (Wildman–Crippen LogP) is 5.07. The van der Waals surface area contributed by atoms with Crippen molar-refractivity contribution >= 4 is 24.0 Å². The van der Waals surface area contributed by atoms with Gasteiger partial charge in [0.25, 0.3) is 0 Å². The number of ether oxygens (including phenoxy) is 1. The number of amides is 3. The Morgan fingerprint density at radius 2 is 1.71 bits per heavy atom. The lowest BCUT2D eigenvalue weighted by Gasteiger charge is -2.39. The summed E-state index contributed by atoms with van der Waals surface area (Å²) in [6.07, 6.45) is 1.67. The molecule has 0 saturated carbocycles. The number of hydrogen-bond donors (Lipinski definition) is 2. The van der Waals surface area contributed by atoms with Crippen molar-refractivity contribution in [1.29, 1.82) is 0 Å². The third kappa shape index (κ3) is 8.50. The summed E-state index contributed by atoms with van der Waals surface area (Å²) in [6.45, 7) is 20.5. The zero-order valence-electron chi connectivity index (χ0n) is 22.3. The molecule has 0 aliphatic rings. The summed E-state index contributed by atoms with van der Waals surface area (Å²) in [5.74, 6) is -0.826. The van der Waals surface area contributed by atoms with Crippen LogP contribution in [0.1, 0.15) is 85.9 Å². The van der Waals surface area contributed by atoms with Gasteiger partial charge in [0.05, 0.1) is 0 Å². The van der Waals surface area contributed by atoms with Crippen LogP contribution in [-0.4, -0.2) is 46.5 Å². The van der Waals surface area contributed by atoms with Crippen molar-refractivity contribution in [3.8, 4) is 0 Å². The number of carbonyl (C=O) groups is 3. The molecule has 3 atom stereocenters. The van der Waals surface area contributed by atoms with Gasteiger partial charge in [-0.05, 0) is 71.1 Å². The number of hydrogen-bond acceptors (Lipinski definition) is 4. The first-order valence-corrected chi connectivity index (χ1v) is 12.1. The quantitative estimate of drug-likeness (QED) is 0.496. The number of carbonyl (C=O) groups excluding carboxylic acids is 3. The molecule has 1 aromatic rings. The minimum absolute atomic E-state index is 0.104. The molecule has 1 rings (SSSR count). The van der Waals surface area contributed by atoms with E-state index in [1.54, 1.807) is 31.7 Å². The lowest BCUT2D eigenvalue weighted by Crippen LogP contribution is -2.57. The first-order valence-electron chi connectivity index (χ1n) is 12.1. The van der Waals surface area contributed by atoms with Crippen LogP contribution in [0.25, 0.3) is 6.08 Å². The standard InChI is InChI=1S/C27H43N3O4/c1-11-19(7)30(25(32)22(17(3)4)29-26(33)34-27(8,9)10)23(24(31)28-18(5)6)21-15-13-14-20(12-2)16-21/h12-19,22-23H,2,11H2,1,3-10H3,(H,28,31)(H,29,33). The van der Waals surface area contributed by atoms with Gasteiger partial charge in [0.2, 0.25) is 11.8 Å². The highest BCUT2D eigenvalue weighted by Crippen LogP contribution is 2.28. The van der Waals surface area contributed by atoms with Crippen LogP contribution < -0.4 is 10.6 Å². The molecule has 7 heteroatoms. The minimum Gasteiger partial charge on any atom is -0.444 e. The third-order valence-corrected chi connectivity index (χ3v) is 5.34. The predicted molar refractivity (Wildman–Crippen MR) is 137 cm³/mol. The van der Waals surface area contributed by atoms with E-state index in [4.69, 9.17) is 4.74 Å². The molecule has 3 amide bonds. The highest BCUT2D eigenvalue weighted by atomic mass is 16.6. The summed E-state index contributed by atoms with van der Waals surface area (Å²) in [7, 11) is 0. The van der Waals surface area contributed by atoms with Crippen LogP contribution in [0, 0.1) is 5.92 Å². The molecule has 1 aromatic carbocycles. The first kappa shape index (κ1) is 29.2. The van der Waals surface area contributed by atoms with Crippen LogP contribution in [0.4, 0.5) is 4.79 Å². The van der Waals surface area contributed by atoms with Crippen molar-refractivity contribution < 1.29 is 19.1 Å². The second-order valence-corrected chi connectivity index (χ2v) is 10.3. The van der Waals surface area contributed by atoms with Crippen molar-refractivity contribution in [2.45, 2.75) is 98.5 Å². The molecule has 0 spiro atoms. The molecule has 0 heterocycles. The molecule has 0 aromatic heterocycles. The zero-order chi connectivity index (χ0) is 26.2. The first-order chi connectivity index (χ1) is 15.7. The Morgan fingerprint density at radius 3 is 2.18 bits per heavy atom. The maximum Gasteiger partial charge on any atom is 0.408 e. The molecule has 7 nitrogen and oxygen atoms in total. The van der Waals surface area contributed by atoms with Gasteiger partial charge in [0.1, 0.15) is 17.7 Å². The van der Waals surface area contributed by atoms with Crippen LogP contribution in [0.3, 0.4) is 0 Å². The van der Waals surface area contributed by atoms with Gasteiger partial charge in [0.15, 0.2) is 0 Å². The maximum absolute atomic E-state index is 14.0.